The molecule has 2 unspecified atom stereocenters. The average molecular weight is 249 g/mol. The molecule has 98 valence electrons. The lowest BCUT2D eigenvalue weighted by molar-refractivity contribution is 0.180. The van der Waals surface area contributed by atoms with E-state index in [9.17, 15) is 4.79 Å². The van der Waals surface area contributed by atoms with Gasteiger partial charge in [-0.15, -0.1) is 0 Å². The number of fused-ring (bicyclic) bond motifs is 1. The highest BCUT2D eigenvalue weighted by molar-refractivity contribution is 5.89. The summed E-state index contributed by atoms with van der Waals surface area (Å²) in [5, 5.41) is 12.3. The highest BCUT2D eigenvalue weighted by atomic mass is 16.2. The molecule has 0 aliphatic carbocycles. The van der Waals surface area contributed by atoms with Crippen LogP contribution in [0, 0.1) is 0 Å². The molecule has 0 spiro atoms. The number of anilines is 1. The summed E-state index contributed by atoms with van der Waals surface area (Å²) in [4.78, 5) is 14.4. The van der Waals surface area contributed by atoms with Gasteiger partial charge >= 0.3 is 6.03 Å². The lowest BCUT2D eigenvalue weighted by atomic mass is 9.99. The summed E-state index contributed by atoms with van der Waals surface area (Å²) in [6.07, 6.45) is 8.11. The summed E-state index contributed by atoms with van der Waals surface area (Å²) in [5.41, 5.74) is 0.700. The SMILES string of the molecule is O=C(Nc1cn[nH]c1)NC1CCN2CCCCC12. The molecule has 6 heteroatoms. The molecule has 3 rings (SSSR count). The molecule has 18 heavy (non-hydrogen) atoms. The molecule has 2 atom stereocenters. The molecular formula is C12H19N5O. The Balaban J connectivity index is 1.54. The van der Waals surface area contributed by atoms with Crippen LogP contribution in [0.2, 0.25) is 0 Å². The third-order valence-electron chi connectivity index (χ3n) is 3.93. The molecule has 2 aliphatic rings. The third kappa shape index (κ3) is 2.33. The second-order valence-corrected chi connectivity index (χ2v) is 5.08. The highest BCUT2D eigenvalue weighted by Gasteiger charge is 2.36. The van der Waals surface area contributed by atoms with Crippen LogP contribution in [0.3, 0.4) is 0 Å². The number of amides is 2. The Morgan fingerprint density at radius 3 is 3.17 bits per heavy atom. The van der Waals surface area contributed by atoms with Gasteiger partial charge < -0.3 is 10.6 Å². The molecule has 1 aromatic rings. The van der Waals surface area contributed by atoms with Crippen molar-refractivity contribution in [3.05, 3.63) is 12.4 Å². The number of rotatable bonds is 2. The van der Waals surface area contributed by atoms with E-state index in [1.165, 1.54) is 25.8 Å². The van der Waals surface area contributed by atoms with Gasteiger partial charge in [0.25, 0.3) is 0 Å². The third-order valence-corrected chi connectivity index (χ3v) is 3.93. The maximum atomic E-state index is 11.9. The first kappa shape index (κ1) is 11.5. The van der Waals surface area contributed by atoms with Crippen molar-refractivity contribution in [1.29, 1.82) is 0 Å². The van der Waals surface area contributed by atoms with Gasteiger partial charge in [0.2, 0.25) is 0 Å². The number of aromatic amines is 1. The number of carbonyl (C=O) groups excluding carboxylic acids is 1. The number of carbonyl (C=O) groups is 1. The van der Waals surface area contributed by atoms with Gasteiger partial charge in [-0.05, 0) is 25.8 Å². The molecule has 2 saturated heterocycles. The Morgan fingerprint density at radius 2 is 2.33 bits per heavy atom. The minimum Gasteiger partial charge on any atom is -0.334 e. The Bertz CT molecular complexity index is 405. The Hall–Kier alpha value is -1.56. The van der Waals surface area contributed by atoms with E-state index in [0.29, 0.717) is 11.7 Å². The molecule has 1 aromatic heterocycles. The van der Waals surface area contributed by atoms with Crippen molar-refractivity contribution in [2.24, 2.45) is 0 Å². The largest absolute Gasteiger partial charge is 0.334 e. The van der Waals surface area contributed by atoms with Crippen LogP contribution in [0.25, 0.3) is 0 Å². The Morgan fingerprint density at radius 1 is 1.39 bits per heavy atom. The van der Waals surface area contributed by atoms with Crippen molar-refractivity contribution in [3.8, 4) is 0 Å². The molecule has 2 fully saturated rings. The highest BCUT2D eigenvalue weighted by Crippen LogP contribution is 2.27. The summed E-state index contributed by atoms with van der Waals surface area (Å²) in [7, 11) is 0. The van der Waals surface area contributed by atoms with Crippen LogP contribution in [0.4, 0.5) is 10.5 Å². The lowest BCUT2D eigenvalue weighted by Gasteiger charge is -2.32. The van der Waals surface area contributed by atoms with E-state index in [-0.39, 0.29) is 12.1 Å². The normalized spacial score (nSPS) is 27.8. The maximum Gasteiger partial charge on any atom is 0.319 e. The van der Waals surface area contributed by atoms with Crippen molar-refractivity contribution < 1.29 is 4.79 Å². The molecule has 2 amide bonds. The zero-order valence-electron chi connectivity index (χ0n) is 10.4. The first-order chi connectivity index (χ1) is 8.83. The van der Waals surface area contributed by atoms with Crippen LogP contribution in [-0.2, 0) is 0 Å². The van der Waals surface area contributed by atoms with E-state index >= 15 is 0 Å². The predicted octanol–water partition coefficient (Wildman–Crippen LogP) is 1.16. The Kier molecular flexibility index (Phi) is 3.19. The fourth-order valence-corrected chi connectivity index (χ4v) is 3.07. The molecular weight excluding hydrogens is 230 g/mol. The molecule has 0 bridgehead atoms. The number of H-pyrrole nitrogens is 1. The van der Waals surface area contributed by atoms with Gasteiger partial charge in [0.15, 0.2) is 0 Å². The average Bonchev–Trinajstić information content (AvgIpc) is 3.00. The zero-order valence-corrected chi connectivity index (χ0v) is 10.4. The van der Waals surface area contributed by atoms with Gasteiger partial charge in [-0.2, -0.15) is 5.10 Å². The van der Waals surface area contributed by atoms with Gasteiger partial charge in [-0.1, -0.05) is 6.42 Å². The standard InChI is InChI=1S/C12H19N5O/c18-12(15-9-7-13-14-8-9)16-10-4-6-17-5-2-1-3-11(10)17/h7-8,10-11H,1-6H2,(H,13,14)(H2,15,16,18). The van der Waals surface area contributed by atoms with Gasteiger partial charge in [0.05, 0.1) is 11.9 Å². The van der Waals surface area contributed by atoms with Crippen LogP contribution in [0.5, 0.6) is 0 Å². The first-order valence-electron chi connectivity index (χ1n) is 6.63. The fourth-order valence-electron chi connectivity index (χ4n) is 3.07. The molecule has 0 radical (unpaired) electrons. The molecule has 2 aliphatic heterocycles. The van der Waals surface area contributed by atoms with Gasteiger partial charge in [-0.3, -0.25) is 10.00 Å². The molecule has 3 heterocycles. The van der Waals surface area contributed by atoms with E-state index in [1.54, 1.807) is 12.4 Å². The van der Waals surface area contributed by atoms with Gasteiger partial charge in [0.1, 0.15) is 0 Å². The maximum absolute atomic E-state index is 11.9. The predicted molar refractivity (Wildman–Crippen MR) is 68.4 cm³/mol. The van der Waals surface area contributed by atoms with Crippen molar-refractivity contribution >= 4 is 11.7 Å². The second kappa shape index (κ2) is 4.97. The van der Waals surface area contributed by atoms with Crippen LogP contribution in [0.15, 0.2) is 12.4 Å². The lowest BCUT2D eigenvalue weighted by Crippen LogP contribution is -2.47. The number of nitrogens with one attached hydrogen (secondary N) is 3. The van der Waals surface area contributed by atoms with Crippen molar-refractivity contribution in [3.63, 3.8) is 0 Å². The zero-order chi connectivity index (χ0) is 12.4. The molecule has 0 saturated carbocycles. The van der Waals surface area contributed by atoms with E-state index in [2.05, 4.69) is 25.7 Å². The number of piperidine rings is 1. The van der Waals surface area contributed by atoms with E-state index < -0.39 is 0 Å². The summed E-state index contributed by atoms with van der Waals surface area (Å²) in [6.45, 7) is 2.30. The van der Waals surface area contributed by atoms with Crippen molar-refractivity contribution in [2.75, 3.05) is 18.4 Å². The molecule has 3 N–H and O–H groups in total. The van der Waals surface area contributed by atoms with Crippen molar-refractivity contribution in [2.45, 2.75) is 37.8 Å². The van der Waals surface area contributed by atoms with Gasteiger partial charge in [0, 0.05) is 24.8 Å². The van der Waals surface area contributed by atoms with E-state index in [0.717, 1.165) is 13.0 Å². The number of nitrogens with zero attached hydrogens (tertiary/aromatic N) is 2. The van der Waals surface area contributed by atoms with Crippen LogP contribution < -0.4 is 10.6 Å². The van der Waals surface area contributed by atoms with E-state index in [1.807, 2.05) is 0 Å². The van der Waals surface area contributed by atoms with Crippen molar-refractivity contribution in [1.82, 2.24) is 20.4 Å². The van der Waals surface area contributed by atoms with Crippen LogP contribution in [0.1, 0.15) is 25.7 Å². The minimum absolute atomic E-state index is 0.131. The van der Waals surface area contributed by atoms with Crippen LogP contribution >= 0.6 is 0 Å². The molecule has 6 nitrogen and oxygen atoms in total. The quantitative estimate of drug-likeness (QED) is 0.736. The summed E-state index contributed by atoms with van der Waals surface area (Å²) < 4.78 is 0. The number of hydrogen-bond donors (Lipinski definition) is 3. The fraction of sp³-hybridized carbons (Fsp3) is 0.667. The van der Waals surface area contributed by atoms with Gasteiger partial charge in [-0.25, -0.2) is 4.79 Å². The monoisotopic (exact) mass is 249 g/mol. The van der Waals surface area contributed by atoms with E-state index in [4.69, 9.17) is 0 Å². The summed E-state index contributed by atoms with van der Waals surface area (Å²) in [6, 6.07) is 0.694. The number of urea groups is 1. The van der Waals surface area contributed by atoms with Crippen LogP contribution in [-0.4, -0.2) is 46.3 Å². The Labute approximate surface area is 106 Å². The second-order valence-electron chi connectivity index (χ2n) is 5.08. The summed E-state index contributed by atoms with van der Waals surface area (Å²) in [5.74, 6) is 0. The smallest absolute Gasteiger partial charge is 0.319 e. The topological polar surface area (TPSA) is 73.0 Å². The summed E-state index contributed by atoms with van der Waals surface area (Å²) >= 11 is 0. The number of aromatic nitrogens is 2. The minimum atomic E-state index is -0.131. The molecule has 0 aromatic carbocycles. The number of hydrogen-bond acceptors (Lipinski definition) is 3. The first-order valence-corrected chi connectivity index (χ1v) is 6.63.